The monoisotopic (exact) mass is 492 g/mol. The summed E-state index contributed by atoms with van der Waals surface area (Å²) in [5.74, 6) is -1.36. The average molecular weight is 493 g/mol. The SMILES string of the molecule is COCC(=O)N1CCCCCCCN(Cc2ccccc2C(F)(F)F)Cc2cc(C(=O)O)ccc21. The smallest absolute Gasteiger partial charge is 0.416 e. The highest BCUT2D eigenvalue weighted by molar-refractivity contribution is 5.96. The van der Waals surface area contributed by atoms with Gasteiger partial charge in [-0.25, -0.2) is 4.79 Å². The van der Waals surface area contributed by atoms with Crippen LogP contribution >= 0.6 is 0 Å². The van der Waals surface area contributed by atoms with E-state index < -0.39 is 17.7 Å². The number of hydrogen-bond acceptors (Lipinski definition) is 4. The maximum Gasteiger partial charge on any atom is 0.416 e. The summed E-state index contributed by atoms with van der Waals surface area (Å²) in [6.45, 7) is 1.15. The van der Waals surface area contributed by atoms with E-state index >= 15 is 0 Å². The summed E-state index contributed by atoms with van der Waals surface area (Å²) >= 11 is 0. The molecule has 1 heterocycles. The van der Waals surface area contributed by atoms with Gasteiger partial charge in [0.1, 0.15) is 6.61 Å². The molecule has 0 bridgehead atoms. The lowest BCUT2D eigenvalue weighted by molar-refractivity contribution is -0.138. The fourth-order valence-corrected chi connectivity index (χ4v) is 4.46. The van der Waals surface area contributed by atoms with Gasteiger partial charge in [-0.15, -0.1) is 0 Å². The third-order valence-corrected chi connectivity index (χ3v) is 6.15. The molecule has 0 aromatic heterocycles. The van der Waals surface area contributed by atoms with Gasteiger partial charge in [-0.3, -0.25) is 9.69 Å². The van der Waals surface area contributed by atoms with Gasteiger partial charge in [0.2, 0.25) is 0 Å². The fraction of sp³-hybridized carbons (Fsp3) is 0.462. The van der Waals surface area contributed by atoms with Crippen molar-refractivity contribution in [2.45, 2.75) is 51.4 Å². The molecule has 2 aromatic carbocycles. The number of amides is 1. The molecule has 1 N–H and O–H groups in total. The number of methoxy groups -OCH3 is 1. The molecule has 1 aliphatic rings. The number of carboxylic acids is 1. The first-order chi connectivity index (χ1) is 16.7. The Kier molecular flexibility index (Phi) is 9.28. The molecule has 3 rings (SSSR count). The van der Waals surface area contributed by atoms with Crippen molar-refractivity contribution in [3.05, 3.63) is 64.7 Å². The molecular formula is C26H31F3N2O4. The van der Waals surface area contributed by atoms with Crippen molar-refractivity contribution in [2.24, 2.45) is 0 Å². The Morgan fingerprint density at radius 1 is 1.00 bits per heavy atom. The van der Waals surface area contributed by atoms with Crippen molar-refractivity contribution in [1.82, 2.24) is 4.90 Å². The maximum absolute atomic E-state index is 13.6. The van der Waals surface area contributed by atoms with E-state index in [2.05, 4.69) is 0 Å². The van der Waals surface area contributed by atoms with Crippen LogP contribution in [0.1, 0.15) is 59.2 Å². The van der Waals surface area contributed by atoms with Crippen LogP contribution in [0.4, 0.5) is 18.9 Å². The summed E-state index contributed by atoms with van der Waals surface area (Å²) in [5, 5.41) is 9.54. The van der Waals surface area contributed by atoms with Crippen LogP contribution < -0.4 is 4.90 Å². The lowest BCUT2D eigenvalue weighted by atomic mass is 10.0. The Hall–Kier alpha value is -2.91. The predicted octanol–water partition coefficient (Wildman–Crippen LogP) is 5.35. The van der Waals surface area contributed by atoms with Crippen LogP contribution in [-0.2, 0) is 28.8 Å². The first kappa shape index (κ1) is 26.7. The minimum absolute atomic E-state index is 0.0540. The zero-order valence-corrected chi connectivity index (χ0v) is 19.8. The predicted molar refractivity (Wildman–Crippen MR) is 126 cm³/mol. The summed E-state index contributed by atoms with van der Waals surface area (Å²) < 4.78 is 45.9. The van der Waals surface area contributed by atoms with E-state index in [9.17, 15) is 27.9 Å². The number of hydrogen-bond donors (Lipinski definition) is 1. The molecular weight excluding hydrogens is 461 g/mol. The summed E-state index contributed by atoms with van der Waals surface area (Å²) in [6.07, 6.45) is -0.0701. The Morgan fingerprint density at radius 2 is 1.69 bits per heavy atom. The number of carboxylic acid groups (broad SMARTS) is 1. The van der Waals surface area contributed by atoms with Crippen molar-refractivity contribution < 1.29 is 32.6 Å². The van der Waals surface area contributed by atoms with Crippen molar-refractivity contribution in [1.29, 1.82) is 0 Å². The number of fused-ring (bicyclic) bond motifs is 1. The minimum atomic E-state index is -4.47. The molecule has 0 aliphatic carbocycles. The molecule has 6 nitrogen and oxygen atoms in total. The molecule has 0 atom stereocenters. The van der Waals surface area contributed by atoms with Crippen LogP contribution in [-0.4, -0.2) is 48.7 Å². The highest BCUT2D eigenvalue weighted by Crippen LogP contribution is 2.33. The third kappa shape index (κ3) is 7.29. The van der Waals surface area contributed by atoms with Crippen LogP contribution in [0.15, 0.2) is 42.5 Å². The van der Waals surface area contributed by atoms with Gasteiger partial charge in [0.05, 0.1) is 11.1 Å². The molecule has 0 unspecified atom stereocenters. The lowest BCUT2D eigenvalue weighted by Crippen LogP contribution is -2.36. The normalized spacial score (nSPS) is 16.2. The number of aromatic carboxylic acids is 1. The number of ether oxygens (including phenoxy) is 1. The summed E-state index contributed by atoms with van der Waals surface area (Å²) in [4.78, 5) is 28.0. The van der Waals surface area contributed by atoms with Gasteiger partial charge in [0, 0.05) is 32.4 Å². The van der Waals surface area contributed by atoms with E-state index in [4.69, 9.17) is 4.74 Å². The molecule has 0 spiro atoms. The number of halogens is 3. The van der Waals surface area contributed by atoms with Crippen LogP contribution in [0.25, 0.3) is 0 Å². The standard InChI is InChI=1S/C26H31F3N2O4/c1-35-18-24(32)31-14-8-4-2-3-7-13-30(16-20-9-5-6-10-22(20)26(27,28)29)17-21-15-19(25(33)34)11-12-23(21)31/h5-6,9-12,15H,2-4,7-8,13-14,16-18H2,1H3,(H,33,34). The Morgan fingerprint density at radius 3 is 2.37 bits per heavy atom. The molecule has 1 amide bonds. The Labute approximate surface area is 203 Å². The van der Waals surface area contributed by atoms with Gasteiger partial charge in [-0.2, -0.15) is 13.2 Å². The number of alkyl halides is 3. The first-order valence-electron chi connectivity index (χ1n) is 11.7. The largest absolute Gasteiger partial charge is 0.478 e. The fourth-order valence-electron chi connectivity index (χ4n) is 4.46. The zero-order valence-electron chi connectivity index (χ0n) is 19.8. The summed E-state index contributed by atoms with van der Waals surface area (Å²) in [6, 6.07) is 10.1. The number of carbonyl (C=O) groups is 2. The van der Waals surface area contributed by atoms with E-state index in [0.29, 0.717) is 24.3 Å². The Balaban J connectivity index is 2.03. The van der Waals surface area contributed by atoms with Gasteiger partial charge in [-0.1, -0.05) is 37.5 Å². The molecule has 0 radical (unpaired) electrons. The van der Waals surface area contributed by atoms with E-state index in [0.717, 1.165) is 38.2 Å². The second kappa shape index (κ2) is 12.2. The van der Waals surface area contributed by atoms with E-state index in [-0.39, 0.29) is 36.7 Å². The van der Waals surface area contributed by atoms with Gasteiger partial charge in [0.25, 0.3) is 5.91 Å². The van der Waals surface area contributed by atoms with E-state index in [1.165, 1.54) is 31.4 Å². The van der Waals surface area contributed by atoms with Gasteiger partial charge < -0.3 is 14.7 Å². The molecule has 0 fully saturated rings. The highest BCUT2D eigenvalue weighted by Gasteiger charge is 2.33. The maximum atomic E-state index is 13.6. The second-order valence-corrected chi connectivity index (χ2v) is 8.76. The van der Waals surface area contributed by atoms with E-state index in [1.807, 2.05) is 4.90 Å². The molecule has 35 heavy (non-hydrogen) atoms. The molecule has 2 aromatic rings. The molecule has 1 aliphatic heterocycles. The molecule has 190 valence electrons. The third-order valence-electron chi connectivity index (χ3n) is 6.15. The number of rotatable bonds is 5. The zero-order chi connectivity index (χ0) is 25.4. The van der Waals surface area contributed by atoms with Crippen molar-refractivity contribution in [3.8, 4) is 0 Å². The van der Waals surface area contributed by atoms with Crippen LogP contribution in [0.5, 0.6) is 0 Å². The number of anilines is 1. The number of carbonyl (C=O) groups excluding carboxylic acids is 1. The quantitative estimate of drug-likeness (QED) is 0.610. The summed E-state index contributed by atoms with van der Waals surface area (Å²) in [7, 11) is 1.43. The number of benzene rings is 2. The topological polar surface area (TPSA) is 70.1 Å². The molecule has 0 saturated carbocycles. The highest BCUT2D eigenvalue weighted by atomic mass is 19.4. The number of nitrogens with zero attached hydrogens (tertiary/aromatic N) is 2. The van der Waals surface area contributed by atoms with Crippen LogP contribution in [0, 0.1) is 0 Å². The molecule has 9 heteroatoms. The van der Waals surface area contributed by atoms with Crippen LogP contribution in [0.2, 0.25) is 0 Å². The lowest BCUT2D eigenvalue weighted by Gasteiger charge is -2.30. The van der Waals surface area contributed by atoms with Gasteiger partial charge in [0.15, 0.2) is 0 Å². The van der Waals surface area contributed by atoms with Crippen LogP contribution in [0.3, 0.4) is 0 Å². The van der Waals surface area contributed by atoms with Gasteiger partial charge in [-0.05, 0) is 54.8 Å². The van der Waals surface area contributed by atoms with E-state index in [1.54, 1.807) is 17.0 Å². The average Bonchev–Trinajstić information content (AvgIpc) is 2.80. The minimum Gasteiger partial charge on any atom is -0.478 e. The first-order valence-corrected chi connectivity index (χ1v) is 11.7. The van der Waals surface area contributed by atoms with Crippen molar-refractivity contribution in [3.63, 3.8) is 0 Å². The Bertz CT molecular complexity index is 1030. The summed E-state index contributed by atoms with van der Waals surface area (Å²) in [5.41, 5.74) is 0.689. The second-order valence-electron chi connectivity index (χ2n) is 8.76. The molecule has 0 saturated heterocycles. The van der Waals surface area contributed by atoms with Crippen molar-refractivity contribution in [2.75, 3.05) is 31.7 Å². The van der Waals surface area contributed by atoms with Gasteiger partial charge >= 0.3 is 12.1 Å². The van der Waals surface area contributed by atoms with Crippen molar-refractivity contribution >= 4 is 17.6 Å².